The van der Waals surface area contributed by atoms with E-state index in [-0.39, 0.29) is 11.3 Å². The number of carboxylic acids is 1. The maximum atomic E-state index is 13.6. The van der Waals surface area contributed by atoms with Crippen LogP contribution in [0.25, 0.3) is 0 Å². The van der Waals surface area contributed by atoms with Crippen LogP contribution >= 0.6 is 0 Å². The minimum atomic E-state index is -4.73. The number of hydrogen-bond donors (Lipinski definition) is 3. The van der Waals surface area contributed by atoms with Gasteiger partial charge in [-0.2, -0.15) is 13.2 Å². The van der Waals surface area contributed by atoms with E-state index in [2.05, 4.69) is 0 Å². The zero-order chi connectivity index (χ0) is 17.9. The van der Waals surface area contributed by atoms with Crippen LogP contribution in [0.4, 0.5) is 23.7 Å². The fourth-order valence-electron chi connectivity index (χ4n) is 2.48. The van der Waals surface area contributed by atoms with Crippen molar-refractivity contribution in [1.82, 2.24) is 0 Å². The largest absolute Gasteiger partial charge is 0.478 e. The number of benzene rings is 2. The van der Waals surface area contributed by atoms with Crippen molar-refractivity contribution >= 4 is 17.7 Å². The van der Waals surface area contributed by atoms with Crippen molar-refractivity contribution in [3.8, 4) is 0 Å². The van der Waals surface area contributed by atoms with E-state index >= 15 is 0 Å². The third kappa shape index (κ3) is 3.65. The van der Waals surface area contributed by atoms with Crippen LogP contribution in [-0.4, -0.2) is 23.3 Å². The molecule has 0 bridgehead atoms. The van der Waals surface area contributed by atoms with E-state index in [1.54, 1.807) is 6.07 Å². The average Bonchev–Trinajstić information content (AvgIpc) is 2.46. The predicted octanol–water partition coefficient (Wildman–Crippen LogP) is 3.57. The maximum absolute atomic E-state index is 13.6. The molecule has 0 aliphatic rings. The van der Waals surface area contributed by atoms with Gasteiger partial charge in [-0.15, -0.1) is 0 Å². The topological polar surface area (TPSA) is 92.4 Å². The Hall–Kier alpha value is -3.03. The SMILES string of the molecule is NC(=O)Nc1cccc(C(c2ccccc2)C(F)(F)F)c1C(=O)O. The monoisotopic (exact) mass is 338 g/mol. The highest BCUT2D eigenvalue weighted by atomic mass is 19.4. The second-order valence-corrected chi connectivity index (χ2v) is 4.95. The molecule has 0 fully saturated rings. The third-order valence-corrected chi connectivity index (χ3v) is 3.34. The van der Waals surface area contributed by atoms with Gasteiger partial charge in [-0.1, -0.05) is 42.5 Å². The lowest BCUT2D eigenvalue weighted by Gasteiger charge is -2.24. The highest BCUT2D eigenvalue weighted by molar-refractivity contribution is 6.01. The van der Waals surface area contributed by atoms with Crippen molar-refractivity contribution in [2.75, 3.05) is 5.32 Å². The number of halogens is 3. The number of aromatic carboxylic acids is 1. The maximum Gasteiger partial charge on any atom is 0.399 e. The average molecular weight is 338 g/mol. The second kappa shape index (κ2) is 6.61. The summed E-state index contributed by atoms with van der Waals surface area (Å²) in [7, 11) is 0. The van der Waals surface area contributed by atoms with E-state index in [1.807, 2.05) is 5.32 Å². The molecule has 0 saturated heterocycles. The molecule has 1 atom stereocenters. The Bertz CT molecular complexity index is 761. The summed E-state index contributed by atoms with van der Waals surface area (Å²) in [6.07, 6.45) is -4.73. The second-order valence-electron chi connectivity index (χ2n) is 4.95. The molecule has 2 aromatic carbocycles. The van der Waals surface area contributed by atoms with E-state index in [0.29, 0.717) is 0 Å². The number of alkyl halides is 3. The Balaban J connectivity index is 2.71. The normalized spacial score (nSPS) is 12.5. The van der Waals surface area contributed by atoms with Gasteiger partial charge in [0.1, 0.15) is 5.92 Å². The summed E-state index contributed by atoms with van der Waals surface area (Å²) in [5.74, 6) is -3.75. The Labute approximate surface area is 134 Å². The molecule has 0 radical (unpaired) electrons. The van der Waals surface area contributed by atoms with Gasteiger partial charge in [0.05, 0.1) is 11.3 Å². The Morgan fingerprint density at radius 1 is 1.04 bits per heavy atom. The molecular formula is C16H13F3N2O3. The van der Waals surface area contributed by atoms with Gasteiger partial charge >= 0.3 is 18.2 Å². The molecule has 1 unspecified atom stereocenters. The molecule has 126 valence electrons. The van der Waals surface area contributed by atoms with E-state index in [0.717, 1.165) is 6.07 Å². The van der Waals surface area contributed by atoms with Crippen molar-refractivity contribution in [2.45, 2.75) is 12.1 Å². The van der Waals surface area contributed by atoms with Gasteiger partial charge < -0.3 is 16.2 Å². The van der Waals surface area contributed by atoms with Gasteiger partial charge in [0.2, 0.25) is 0 Å². The van der Waals surface area contributed by atoms with Crippen molar-refractivity contribution in [1.29, 1.82) is 0 Å². The molecule has 2 aromatic rings. The Kier molecular flexibility index (Phi) is 4.77. The van der Waals surface area contributed by atoms with Gasteiger partial charge in [0, 0.05) is 0 Å². The number of hydrogen-bond acceptors (Lipinski definition) is 2. The van der Waals surface area contributed by atoms with Gasteiger partial charge in [-0.25, -0.2) is 9.59 Å². The number of primary amides is 1. The third-order valence-electron chi connectivity index (χ3n) is 3.34. The van der Waals surface area contributed by atoms with Crippen LogP contribution < -0.4 is 11.1 Å². The molecule has 5 nitrogen and oxygen atoms in total. The van der Waals surface area contributed by atoms with Gasteiger partial charge in [-0.3, -0.25) is 0 Å². The number of amides is 2. The molecular weight excluding hydrogens is 325 g/mol. The number of carbonyl (C=O) groups excluding carboxylic acids is 1. The molecule has 2 rings (SSSR count). The summed E-state index contributed by atoms with van der Waals surface area (Å²) in [6, 6.07) is 9.35. The molecule has 0 heterocycles. The first kappa shape index (κ1) is 17.3. The van der Waals surface area contributed by atoms with Gasteiger partial charge in [-0.05, 0) is 17.2 Å². The molecule has 4 N–H and O–H groups in total. The Morgan fingerprint density at radius 3 is 2.17 bits per heavy atom. The summed E-state index contributed by atoms with van der Waals surface area (Å²) in [6.45, 7) is 0. The predicted molar refractivity (Wildman–Crippen MR) is 80.9 cm³/mol. The quantitative estimate of drug-likeness (QED) is 0.796. The van der Waals surface area contributed by atoms with Crippen molar-refractivity contribution in [2.24, 2.45) is 5.73 Å². The number of nitrogens with one attached hydrogen (secondary N) is 1. The van der Waals surface area contributed by atoms with E-state index in [4.69, 9.17) is 5.73 Å². The first-order valence-corrected chi connectivity index (χ1v) is 6.76. The molecule has 0 spiro atoms. The van der Waals surface area contributed by atoms with Crippen LogP contribution in [-0.2, 0) is 0 Å². The number of rotatable bonds is 4. The molecule has 0 aliphatic heterocycles. The standard InChI is InChI=1S/C16H13F3N2O3/c17-16(18,19)13(9-5-2-1-3-6-9)10-7-4-8-11(21-15(20)24)12(10)14(22)23/h1-8,13H,(H,22,23)(H3,20,21,24). The van der Waals surface area contributed by atoms with Crippen LogP contribution in [0.15, 0.2) is 48.5 Å². The molecule has 24 heavy (non-hydrogen) atoms. The molecule has 0 aromatic heterocycles. The number of carbonyl (C=O) groups is 2. The molecule has 0 aliphatic carbocycles. The summed E-state index contributed by atoms with van der Waals surface area (Å²) < 4.78 is 40.9. The van der Waals surface area contributed by atoms with Gasteiger partial charge in [0.25, 0.3) is 0 Å². The van der Waals surface area contributed by atoms with Gasteiger partial charge in [0.15, 0.2) is 0 Å². The minimum Gasteiger partial charge on any atom is -0.478 e. The molecule has 2 amide bonds. The summed E-state index contributed by atoms with van der Waals surface area (Å²) in [5.41, 5.74) is 3.42. The summed E-state index contributed by atoms with van der Waals surface area (Å²) >= 11 is 0. The summed E-state index contributed by atoms with van der Waals surface area (Å²) in [5, 5.41) is 11.4. The molecule has 8 heteroatoms. The van der Waals surface area contributed by atoms with E-state index in [1.165, 1.54) is 36.4 Å². The smallest absolute Gasteiger partial charge is 0.399 e. The molecule has 0 saturated carbocycles. The fourth-order valence-corrected chi connectivity index (χ4v) is 2.48. The Morgan fingerprint density at radius 2 is 1.67 bits per heavy atom. The van der Waals surface area contributed by atoms with Crippen LogP contribution in [0.1, 0.15) is 27.4 Å². The van der Waals surface area contributed by atoms with Crippen LogP contribution in [0.2, 0.25) is 0 Å². The lowest BCUT2D eigenvalue weighted by atomic mass is 9.87. The van der Waals surface area contributed by atoms with E-state index < -0.39 is 35.2 Å². The highest BCUT2D eigenvalue weighted by Gasteiger charge is 2.44. The fraction of sp³-hybridized carbons (Fsp3) is 0.125. The van der Waals surface area contributed by atoms with Crippen molar-refractivity contribution in [3.05, 3.63) is 65.2 Å². The van der Waals surface area contributed by atoms with Crippen LogP contribution in [0.5, 0.6) is 0 Å². The van der Waals surface area contributed by atoms with Crippen LogP contribution in [0, 0.1) is 0 Å². The minimum absolute atomic E-state index is 0.108. The number of carboxylic acid groups (broad SMARTS) is 1. The lowest BCUT2D eigenvalue weighted by Crippen LogP contribution is -2.26. The number of nitrogens with two attached hydrogens (primary N) is 1. The van der Waals surface area contributed by atoms with Crippen molar-refractivity contribution in [3.63, 3.8) is 0 Å². The number of urea groups is 1. The lowest BCUT2D eigenvalue weighted by molar-refractivity contribution is -0.141. The highest BCUT2D eigenvalue weighted by Crippen LogP contribution is 2.42. The first-order valence-electron chi connectivity index (χ1n) is 6.76. The number of anilines is 1. The summed E-state index contributed by atoms with van der Waals surface area (Å²) in [4.78, 5) is 22.5. The first-order chi connectivity index (χ1) is 11.2. The zero-order valence-corrected chi connectivity index (χ0v) is 12.2. The zero-order valence-electron chi connectivity index (χ0n) is 12.2. The van der Waals surface area contributed by atoms with Crippen molar-refractivity contribution < 1.29 is 27.9 Å². The van der Waals surface area contributed by atoms with Crippen LogP contribution in [0.3, 0.4) is 0 Å². The van der Waals surface area contributed by atoms with E-state index in [9.17, 15) is 27.9 Å².